The Morgan fingerprint density at radius 1 is 1.35 bits per heavy atom. The van der Waals surface area contributed by atoms with Gasteiger partial charge in [-0.3, -0.25) is 4.79 Å². The zero-order valence-electron chi connectivity index (χ0n) is 12.6. The van der Waals surface area contributed by atoms with E-state index in [2.05, 4.69) is 10.6 Å². The van der Waals surface area contributed by atoms with Gasteiger partial charge < -0.3 is 15.4 Å². The first-order valence-corrected chi connectivity index (χ1v) is 7.47. The first-order chi connectivity index (χ1) is 9.35. The maximum absolute atomic E-state index is 12.2. The van der Waals surface area contributed by atoms with Crippen LogP contribution < -0.4 is 10.6 Å². The van der Waals surface area contributed by atoms with Gasteiger partial charge in [-0.05, 0) is 40.3 Å². The highest BCUT2D eigenvalue weighted by Crippen LogP contribution is 2.30. The highest BCUT2D eigenvalue weighted by atomic mass is 32.1. The van der Waals surface area contributed by atoms with Crippen molar-refractivity contribution in [1.29, 1.82) is 0 Å². The largest absolute Gasteiger partial charge is 0.462 e. The van der Waals surface area contributed by atoms with Crippen molar-refractivity contribution in [3.63, 3.8) is 0 Å². The van der Waals surface area contributed by atoms with E-state index in [1.807, 2.05) is 6.92 Å². The molecule has 1 aromatic rings. The van der Waals surface area contributed by atoms with E-state index in [-0.39, 0.29) is 5.91 Å². The average molecular weight is 298 g/mol. The lowest BCUT2D eigenvalue weighted by molar-refractivity contribution is -0.121. The fourth-order valence-electron chi connectivity index (χ4n) is 1.44. The molecule has 2 N–H and O–H groups in total. The van der Waals surface area contributed by atoms with Crippen molar-refractivity contribution >= 4 is 28.2 Å². The first-order valence-electron chi connectivity index (χ1n) is 6.65. The number of hydrogen-bond acceptors (Lipinski definition) is 5. The second-order valence-electron chi connectivity index (χ2n) is 4.86. The average Bonchev–Trinajstić information content (AvgIpc) is 2.82. The van der Waals surface area contributed by atoms with Crippen LogP contribution in [0.2, 0.25) is 0 Å². The van der Waals surface area contributed by atoms with E-state index >= 15 is 0 Å². The van der Waals surface area contributed by atoms with Crippen molar-refractivity contribution < 1.29 is 14.3 Å². The van der Waals surface area contributed by atoms with Gasteiger partial charge in [0.25, 0.3) is 0 Å². The molecule has 6 heteroatoms. The Hall–Kier alpha value is -1.40. The normalized spacial score (nSPS) is 11.2. The predicted molar refractivity (Wildman–Crippen MR) is 81.4 cm³/mol. The summed E-state index contributed by atoms with van der Waals surface area (Å²) < 4.78 is 5.02. The van der Waals surface area contributed by atoms with Crippen LogP contribution in [0.1, 0.15) is 42.9 Å². The van der Waals surface area contributed by atoms with Gasteiger partial charge in [0.15, 0.2) is 0 Å². The molecule has 20 heavy (non-hydrogen) atoms. The molecule has 0 aliphatic carbocycles. The van der Waals surface area contributed by atoms with Crippen LogP contribution >= 0.6 is 11.3 Å². The molecule has 112 valence electrons. The van der Waals surface area contributed by atoms with Gasteiger partial charge in [0, 0.05) is 4.88 Å². The van der Waals surface area contributed by atoms with Crippen LogP contribution in [0.25, 0.3) is 0 Å². The summed E-state index contributed by atoms with van der Waals surface area (Å²) in [5, 5.41) is 6.29. The number of esters is 1. The van der Waals surface area contributed by atoms with Gasteiger partial charge in [-0.1, -0.05) is 6.92 Å². The lowest BCUT2D eigenvalue weighted by Crippen LogP contribution is -2.47. The number of carbonyl (C=O) groups is 2. The number of ether oxygens (including phenoxy) is 1. The van der Waals surface area contributed by atoms with E-state index in [1.165, 1.54) is 11.3 Å². The maximum Gasteiger partial charge on any atom is 0.341 e. The lowest BCUT2D eigenvalue weighted by atomic mass is 10.1. The molecule has 0 atom stereocenters. The molecular formula is C14H22N2O3S. The fraction of sp³-hybridized carbons (Fsp3) is 0.571. The van der Waals surface area contributed by atoms with E-state index in [1.54, 1.807) is 33.9 Å². The van der Waals surface area contributed by atoms with E-state index in [0.717, 1.165) is 11.3 Å². The van der Waals surface area contributed by atoms with Gasteiger partial charge in [0.05, 0.1) is 17.7 Å². The summed E-state index contributed by atoms with van der Waals surface area (Å²) in [4.78, 5) is 25.1. The summed E-state index contributed by atoms with van der Waals surface area (Å²) in [5.74, 6) is -0.587. The van der Waals surface area contributed by atoms with Crippen molar-refractivity contribution in [3.8, 4) is 0 Å². The minimum Gasteiger partial charge on any atom is -0.462 e. The molecule has 0 radical (unpaired) electrons. The second-order valence-corrected chi connectivity index (χ2v) is 6.00. The summed E-state index contributed by atoms with van der Waals surface area (Å²) in [7, 11) is 1.72. The Bertz CT molecular complexity index is 495. The van der Waals surface area contributed by atoms with Crippen LogP contribution in [0.15, 0.2) is 6.07 Å². The Morgan fingerprint density at radius 3 is 2.50 bits per heavy atom. The lowest BCUT2D eigenvalue weighted by Gasteiger charge is -2.22. The molecular weight excluding hydrogens is 276 g/mol. The number of carbonyl (C=O) groups excluding carboxylic acids is 2. The molecule has 1 heterocycles. The quantitative estimate of drug-likeness (QED) is 0.792. The molecule has 0 saturated heterocycles. The Balaban J connectivity index is 3.02. The number of amides is 1. The third-order valence-electron chi connectivity index (χ3n) is 3.05. The van der Waals surface area contributed by atoms with Crippen LogP contribution in [0.5, 0.6) is 0 Å². The van der Waals surface area contributed by atoms with Crippen LogP contribution in [-0.4, -0.2) is 31.1 Å². The molecule has 0 saturated carbocycles. The molecule has 0 fully saturated rings. The van der Waals surface area contributed by atoms with Gasteiger partial charge in [0.1, 0.15) is 5.00 Å². The molecule has 5 nitrogen and oxygen atoms in total. The van der Waals surface area contributed by atoms with Crippen LogP contribution in [0.3, 0.4) is 0 Å². The van der Waals surface area contributed by atoms with Crippen molar-refractivity contribution in [2.24, 2.45) is 0 Å². The molecule has 0 aromatic carbocycles. The smallest absolute Gasteiger partial charge is 0.341 e. The van der Waals surface area contributed by atoms with Gasteiger partial charge in [0.2, 0.25) is 5.91 Å². The standard InChI is InChI=1S/C14H22N2O3S/c1-6-9-8-10(12(17)19-7-2)11(20-9)16-13(18)14(3,4)15-5/h8,15H,6-7H2,1-5H3,(H,16,18). The molecule has 0 spiro atoms. The second kappa shape index (κ2) is 6.85. The topological polar surface area (TPSA) is 67.4 Å². The summed E-state index contributed by atoms with van der Waals surface area (Å²) in [5.41, 5.74) is -0.281. The summed E-state index contributed by atoms with van der Waals surface area (Å²) in [6.07, 6.45) is 0.808. The van der Waals surface area contributed by atoms with Crippen LogP contribution in [0, 0.1) is 0 Å². The monoisotopic (exact) mass is 298 g/mol. The van der Waals surface area contributed by atoms with Gasteiger partial charge in [-0.25, -0.2) is 4.79 Å². The number of aryl methyl sites for hydroxylation is 1. The zero-order chi connectivity index (χ0) is 15.3. The summed E-state index contributed by atoms with van der Waals surface area (Å²) >= 11 is 1.41. The number of thiophene rings is 1. The summed E-state index contributed by atoms with van der Waals surface area (Å²) in [6, 6.07) is 1.78. The van der Waals surface area contributed by atoms with Gasteiger partial charge in [-0.15, -0.1) is 11.3 Å². The predicted octanol–water partition coefficient (Wildman–Crippen LogP) is 2.42. The molecule has 0 aliphatic heterocycles. The number of hydrogen-bond donors (Lipinski definition) is 2. The molecule has 1 aromatic heterocycles. The third kappa shape index (κ3) is 3.80. The first kappa shape index (κ1) is 16.7. The van der Waals surface area contributed by atoms with Crippen molar-refractivity contribution in [1.82, 2.24) is 5.32 Å². The highest BCUT2D eigenvalue weighted by Gasteiger charge is 2.27. The Kier molecular flexibility index (Phi) is 5.71. The minimum absolute atomic E-state index is 0.185. The third-order valence-corrected chi connectivity index (χ3v) is 4.24. The number of nitrogens with one attached hydrogen (secondary N) is 2. The van der Waals surface area contributed by atoms with Crippen molar-refractivity contribution in [2.75, 3.05) is 19.0 Å². The van der Waals surface area contributed by atoms with E-state index in [9.17, 15) is 9.59 Å². The molecule has 1 amide bonds. The number of likely N-dealkylation sites (N-methyl/N-ethyl adjacent to an activating group) is 1. The molecule has 0 unspecified atom stereocenters. The zero-order valence-corrected chi connectivity index (χ0v) is 13.4. The van der Waals surface area contributed by atoms with Crippen molar-refractivity contribution in [2.45, 2.75) is 39.7 Å². The van der Waals surface area contributed by atoms with Gasteiger partial charge in [-0.2, -0.15) is 0 Å². The Labute approximate surface area is 123 Å². The molecule has 1 rings (SSSR count). The van der Waals surface area contributed by atoms with Crippen LogP contribution in [-0.2, 0) is 16.0 Å². The van der Waals surface area contributed by atoms with E-state index < -0.39 is 11.5 Å². The number of rotatable bonds is 6. The number of anilines is 1. The minimum atomic E-state index is -0.706. The summed E-state index contributed by atoms with van der Waals surface area (Å²) in [6.45, 7) is 7.63. The van der Waals surface area contributed by atoms with E-state index in [0.29, 0.717) is 17.2 Å². The maximum atomic E-state index is 12.2. The van der Waals surface area contributed by atoms with Gasteiger partial charge >= 0.3 is 5.97 Å². The molecule has 0 bridgehead atoms. The Morgan fingerprint density at radius 2 is 2.00 bits per heavy atom. The fourth-order valence-corrected chi connectivity index (χ4v) is 2.42. The van der Waals surface area contributed by atoms with E-state index in [4.69, 9.17) is 4.74 Å². The van der Waals surface area contributed by atoms with Crippen LogP contribution in [0.4, 0.5) is 5.00 Å². The molecule has 0 aliphatic rings. The highest BCUT2D eigenvalue weighted by molar-refractivity contribution is 7.16. The SMILES string of the molecule is CCOC(=O)c1cc(CC)sc1NC(=O)C(C)(C)NC. The van der Waals surface area contributed by atoms with Crippen molar-refractivity contribution in [3.05, 3.63) is 16.5 Å².